The Bertz CT molecular complexity index is 456. The highest BCUT2D eigenvalue weighted by molar-refractivity contribution is 5.61. The van der Waals surface area contributed by atoms with Crippen molar-refractivity contribution in [3.63, 3.8) is 0 Å². The molecule has 1 aliphatic rings. The largest absolute Gasteiger partial charge is 0.497 e. The molecular formula is C15H20N2O. The fourth-order valence-electron chi connectivity index (χ4n) is 2.63. The lowest BCUT2D eigenvalue weighted by Crippen LogP contribution is -2.37. The Balaban J connectivity index is 2.24. The molecule has 0 saturated heterocycles. The van der Waals surface area contributed by atoms with Gasteiger partial charge in [-0.05, 0) is 31.9 Å². The summed E-state index contributed by atoms with van der Waals surface area (Å²) in [4.78, 5) is 0. The molecule has 0 bridgehead atoms. The molecule has 0 aliphatic heterocycles. The van der Waals surface area contributed by atoms with Crippen molar-refractivity contribution in [2.75, 3.05) is 12.4 Å². The molecule has 0 atom stereocenters. The second kappa shape index (κ2) is 5.30. The van der Waals surface area contributed by atoms with Gasteiger partial charge in [0.2, 0.25) is 0 Å². The third-order valence-electron chi connectivity index (χ3n) is 3.74. The molecule has 1 fully saturated rings. The van der Waals surface area contributed by atoms with E-state index in [4.69, 9.17) is 10.00 Å². The summed E-state index contributed by atoms with van der Waals surface area (Å²) in [7, 11) is 1.65. The first-order valence-corrected chi connectivity index (χ1v) is 6.53. The van der Waals surface area contributed by atoms with Gasteiger partial charge in [-0.25, -0.2) is 0 Å². The van der Waals surface area contributed by atoms with Crippen LogP contribution in [0.15, 0.2) is 18.2 Å². The first-order chi connectivity index (χ1) is 8.67. The zero-order valence-corrected chi connectivity index (χ0v) is 11.1. The van der Waals surface area contributed by atoms with E-state index < -0.39 is 0 Å². The van der Waals surface area contributed by atoms with E-state index in [1.807, 2.05) is 18.2 Å². The smallest absolute Gasteiger partial charge is 0.121 e. The molecule has 1 saturated carbocycles. The Morgan fingerprint density at radius 2 is 2.00 bits per heavy atom. The molecule has 18 heavy (non-hydrogen) atoms. The highest BCUT2D eigenvalue weighted by Gasteiger charge is 2.27. The Hall–Kier alpha value is -1.69. The van der Waals surface area contributed by atoms with Crippen LogP contribution in [0, 0.1) is 11.3 Å². The Morgan fingerprint density at radius 3 is 2.61 bits per heavy atom. The van der Waals surface area contributed by atoms with Crippen molar-refractivity contribution in [2.24, 2.45) is 0 Å². The van der Waals surface area contributed by atoms with E-state index in [0.717, 1.165) is 24.3 Å². The summed E-state index contributed by atoms with van der Waals surface area (Å²) in [5.74, 6) is 0.788. The maximum atomic E-state index is 9.16. The summed E-state index contributed by atoms with van der Waals surface area (Å²) in [6, 6.07) is 7.79. The van der Waals surface area contributed by atoms with E-state index in [9.17, 15) is 0 Å². The highest BCUT2D eigenvalue weighted by atomic mass is 16.5. The average Bonchev–Trinajstić information content (AvgIpc) is 2.39. The monoisotopic (exact) mass is 244 g/mol. The number of methoxy groups -OCH3 is 1. The number of hydrogen-bond donors (Lipinski definition) is 1. The minimum absolute atomic E-state index is 0.107. The van der Waals surface area contributed by atoms with Crippen LogP contribution in [-0.2, 0) is 0 Å². The van der Waals surface area contributed by atoms with Gasteiger partial charge < -0.3 is 10.1 Å². The van der Waals surface area contributed by atoms with Gasteiger partial charge in [0, 0.05) is 11.6 Å². The zero-order valence-electron chi connectivity index (χ0n) is 11.1. The van der Waals surface area contributed by atoms with E-state index in [2.05, 4.69) is 18.3 Å². The Kier molecular flexibility index (Phi) is 3.76. The normalized spacial score (nSPS) is 17.8. The first kappa shape index (κ1) is 12.8. The van der Waals surface area contributed by atoms with Crippen molar-refractivity contribution in [2.45, 2.75) is 44.6 Å². The van der Waals surface area contributed by atoms with Gasteiger partial charge in [0.25, 0.3) is 0 Å². The SMILES string of the molecule is COc1ccc(C#N)c(NC2(C)CCCCC2)c1. The third-order valence-corrected chi connectivity index (χ3v) is 3.74. The maximum absolute atomic E-state index is 9.16. The summed E-state index contributed by atoms with van der Waals surface area (Å²) in [5, 5.41) is 12.7. The molecule has 96 valence electrons. The van der Waals surface area contributed by atoms with Crippen LogP contribution >= 0.6 is 0 Å². The number of nitrogens with one attached hydrogen (secondary N) is 1. The van der Waals surface area contributed by atoms with Gasteiger partial charge in [-0.1, -0.05) is 19.3 Å². The van der Waals surface area contributed by atoms with Crippen LogP contribution in [-0.4, -0.2) is 12.6 Å². The number of rotatable bonds is 3. The molecule has 0 spiro atoms. The molecule has 1 N–H and O–H groups in total. The minimum atomic E-state index is 0.107. The van der Waals surface area contributed by atoms with E-state index in [-0.39, 0.29) is 5.54 Å². The fourth-order valence-corrected chi connectivity index (χ4v) is 2.63. The van der Waals surface area contributed by atoms with Crippen molar-refractivity contribution < 1.29 is 4.74 Å². The molecule has 3 heteroatoms. The molecular weight excluding hydrogens is 224 g/mol. The van der Waals surface area contributed by atoms with Gasteiger partial charge >= 0.3 is 0 Å². The lowest BCUT2D eigenvalue weighted by atomic mass is 9.83. The summed E-state index contributed by atoms with van der Waals surface area (Å²) in [6.07, 6.45) is 6.16. The second-order valence-electron chi connectivity index (χ2n) is 5.27. The summed E-state index contributed by atoms with van der Waals surface area (Å²) in [6.45, 7) is 2.24. The molecule has 1 aromatic rings. The predicted octanol–water partition coefficient (Wildman–Crippen LogP) is 3.70. The second-order valence-corrected chi connectivity index (χ2v) is 5.27. The number of ether oxygens (including phenoxy) is 1. The van der Waals surface area contributed by atoms with Crippen molar-refractivity contribution in [3.8, 4) is 11.8 Å². The predicted molar refractivity (Wildman–Crippen MR) is 72.8 cm³/mol. The summed E-state index contributed by atoms with van der Waals surface area (Å²) < 4.78 is 5.23. The van der Waals surface area contributed by atoms with Crippen molar-refractivity contribution in [1.29, 1.82) is 5.26 Å². The Morgan fingerprint density at radius 1 is 1.28 bits per heavy atom. The fraction of sp³-hybridized carbons (Fsp3) is 0.533. The van der Waals surface area contributed by atoms with Gasteiger partial charge in [-0.15, -0.1) is 0 Å². The van der Waals surface area contributed by atoms with Crippen molar-refractivity contribution >= 4 is 5.69 Å². The molecule has 1 aliphatic carbocycles. The standard InChI is InChI=1S/C15H20N2O/c1-15(8-4-3-5-9-15)17-14-10-13(18-2)7-6-12(14)11-16/h6-7,10,17H,3-5,8-9H2,1-2H3. The van der Waals surface area contributed by atoms with E-state index >= 15 is 0 Å². The van der Waals surface area contributed by atoms with Crippen LogP contribution in [0.2, 0.25) is 0 Å². The van der Waals surface area contributed by atoms with Crippen LogP contribution in [0.25, 0.3) is 0 Å². The minimum Gasteiger partial charge on any atom is -0.497 e. The van der Waals surface area contributed by atoms with Gasteiger partial charge in [0.05, 0.1) is 18.4 Å². The molecule has 0 aromatic heterocycles. The Labute approximate surface area is 109 Å². The zero-order chi connectivity index (χ0) is 13.0. The van der Waals surface area contributed by atoms with Crippen LogP contribution in [0.3, 0.4) is 0 Å². The number of nitrogens with zero attached hydrogens (tertiary/aromatic N) is 1. The van der Waals surface area contributed by atoms with E-state index in [1.54, 1.807) is 7.11 Å². The lowest BCUT2D eigenvalue weighted by Gasteiger charge is -2.36. The van der Waals surface area contributed by atoms with Crippen LogP contribution in [0.5, 0.6) is 5.75 Å². The van der Waals surface area contributed by atoms with Crippen molar-refractivity contribution in [1.82, 2.24) is 0 Å². The van der Waals surface area contributed by atoms with Crippen LogP contribution in [0.1, 0.15) is 44.6 Å². The average molecular weight is 244 g/mol. The molecule has 1 aromatic carbocycles. The topological polar surface area (TPSA) is 45.0 Å². The molecule has 0 unspecified atom stereocenters. The van der Waals surface area contributed by atoms with Crippen molar-refractivity contribution in [3.05, 3.63) is 23.8 Å². The van der Waals surface area contributed by atoms with Crippen LogP contribution < -0.4 is 10.1 Å². The van der Waals surface area contributed by atoms with E-state index in [1.165, 1.54) is 19.3 Å². The molecule has 3 nitrogen and oxygen atoms in total. The quantitative estimate of drug-likeness (QED) is 0.881. The molecule has 0 amide bonds. The highest BCUT2D eigenvalue weighted by Crippen LogP contribution is 2.33. The van der Waals surface area contributed by atoms with Gasteiger partial charge in [0.15, 0.2) is 0 Å². The van der Waals surface area contributed by atoms with Gasteiger partial charge in [-0.3, -0.25) is 0 Å². The summed E-state index contributed by atoms with van der Waals surface area (Å²) >= 11 is 0. The van der Waals surface area contributed by atoms with Gasteiger partial charge in [0.1, 0.15) is 11.8 Å². The lowest BCUT2D eigenvalue weighted by molar-refractivity contribution is 0.349. The first-order valence-electron chi connectivity index (χ1n) is 6.53. The van der Waals surface area contributed by atoms with Crippen LogP contribution in [0.4, 0.5) is 5.69 Å². The third kappa shape index (κ3) is 2.76. The number of nitriles is 1. The molecule has 2 rings (SSSR count). The number of anilines is 1. The maximum Gasteiger partial charge on any atom is 0.121 e. The number of hydrogen-bond acceptors (Lipinski definition) is 3. The molecule has 0 heterocycles. The van der Waals surface area contributed by atoms with Gasteiger partial charge in [-0.2, -0.15) is 5.26 Å². The summed E-state index contributed by atoms with van der Waals surface area (Å²) in [5.41, 5.74) is 1.68. The number of benzene rings is 1. The molecule has 0 radical (unpaired) electrons. The van der Waals surface area contributed by atoms with E-state index in [0.29, 0.717) is 5.56 Å².